The van der Waals surface area contributed by atoms with E-state index < -0.39 is 15.9 Å². The van der Waals surface area contributed by atoms with Gasteiger partial charge < -0.3 is 20.1 Å². The van der Waals surface area contributed by atoms with Crippen LogP contribution < -0.4 is 20.7 Å². The number of benzene rings is 2. The van der Waals surface area contributed by atoms with Gasteiger partial charge in [-0.15, -0.1) is 0 Å². The number of anilines is 3. The van der Waals surface area contributed by atoms with Gasteiger partial charge in [0.1, 0.15) is 29.7 Å². The molecule has 0 saturated heterocycles. The quantitative estimate of drug-likeness (QED) is 0.195. The summed E-state index contributed by atoms with van der Waals surface area (Å²) in [6.07, 6.45) is 5.18. The maximum absolute atomic E-state index is 13.1. The number of rotatable bonds is 12. The van der Waals surface area contributed by atoms with E-state index in [2.05, 4.69) is 33.0 Å². The van der Waals surface area contributed by atoms with E-state index in [0.717, 1.165) is 42.5 Å². The molecule has 0 radical (unpaired) electrons. The summed E-state index contributed by atoms with van der Waals surface area (Å²) >= 11 is 0. The minimum Gasteiger partial charge on any atom is -0.457 e. The van der Waals surface area contributed by atoms with E-state index in [1.54, 1.807) is 10.7 Å². The van der Waals surface area contributed by atoms with Gasteiger partial charge in [-0.05, 0) is 50.1 Å². The lowest BCUT2D eigenvalue weighted by atomic mass is 10.2. The minimum absolute atomic E-state index is 0.0715. The third kappa shape index (κ3) is 8.63. The summed E-state index contributed by atoms with van der Waals surface area (Å²) in [5.74, 6) is 0.799. The van der Waals surface area contributed by atoms with Crippen LogP contribution in [-0.2, 0) is 25.8 Å². The third-order valence-electron chi connectivity index (χ3n) is 6.18. The number of hydrogen-bond donors (Lipinski definition) is 3. The zero-order valence-electron chi connectivity index (χ0n) is 24.4. The Morgan fingerprint density at radius 3 is 2.40 bits per heavy atom. The van der Waals surface area contributed by atoms with Crippen LogP contribution in [0.4, 0.5) is 22.1 Å². The zero-order chi connectivity index (χ0) is 31.0. The fourth-order valence-electron chi connectivity index (χ4n) is 4.12. The maximum Gasteiger partial charge on any atom is 0.324 e. The summed E-state index contributed by atoms with van der Waals surface area (Å²) < 4.78 is 37.7. The summed E-state index contributed by atoms with van der Waals surface area (Å²) in [5.41, 5.74) is 2.77. The SMILES string of the molecule is CCCCc1cc(NC(=O)Nc2ccc(Oc3ccnc(NC(=O)COC)c3)cc2S(C)(=O)=O)n(-c2ccc(C)cc2)n1. The second kappa shape index (κ2) is 13.9. The van der Waals surface area contributed by atoms with Crippen LogP contribution >= 0.6 is 0 Å². The predicted molar refractivity (Wildman–Crippen MR) is 164 cm³/mol. The molecule has 3 N–H and O–H groups in total. The van der Waals surface area contributed by atoms with Crippen molar-refractivity contribution in [3.05, 3.63) is 78.1 Å². The summed E-state index contributed by atoms with van der Waals surface area (Å²) in [7, 11) is -2.38. The molecule has 3 amide bonds. The number of nitrogens with one attached hydrogen (secondary N) is 3. The number of amides is 3. The highest BCUT2D eigenvalue weighted by Gasteiger charge is 2.19. The molecule has 0 saturated carbocycles. The molecule has 226 valence electrons. The molecule has 4 rings (SSSR count). The van der Waals surface area contributed by atoms with Gasteiger partial charge in [-0.2, -0.15) is 5.10 Å². The first-order valence-electron chi connectivity index (χ1n) is 13.6. The number of aromatic nitrogens is 3. The monoisotopic (exact) mass is 606 g/mol. The normalized spacial score (nSPS) is 11.2. The molecular weight excluding hydrogens is 572 g/mol. The highest BCUT2D eigenvalue weighted by Crippen LogP contribution is 2.30. The highest BCUT2D eigenvalue weighted by atomic mass is 32.2. The number of sulfone groups is 1. The largest absolute Gasteiger partial charge is 0.457 e. The van der Waals surface area contributed by atoms with E-state index in [1.807, 2.05) is 37.3 Å². The van der Waals surface area contributed by atoms with Crippen molar-refractivity contribution in [1.29, 1.82) is 0 Å². The van der Waals surface area contributed by atoms with E-state index in [-0.39, 0.29) is 34.7 Å². The van der Waals surface area contributed by atoms with Crippen LogP contribution in [0.1, 0.15) is 31.0 Å². The molecule has 43 heavy (non-hydrogen) atoms. The van der Waals surface area contributed by atoms with Crippen molar-refractivity contribution in [1.82, 2.24) is 14.8 Å². The molecule has 13 heteroatoms. The number of ether oxygens (including phenoxy) is 2. The molecule has 0 aliphatic carbocycles. The summed E-state index contributed by atoms with van der Waals surface area (Å²) in [6, 6.07) is 16.2. The van der Waals surface area contributed by atoms with Gasteiger partial charge >= 0.3 is 6.03 Å². The Labute approximate surface area is 250 Å². The summed E-state index contributed by atoms with van der Waals surface area (Å²) in [4.78, 5) is 28.8. The molecule has 2 aromatic carbocycles. The van der Waals surface area contributed by atoms with Crippen LogP contribution in [0.3, 0.4) is 0 Å². The van der Waals surface area contributed by atoms with Gasteiger partial charge in [0.05, 0.1) is 22.0 Å². The molecule has 0 fully saturated rings. The molecule has 4 aromatic rings. The van der Waals surface area contributed by atoms with Crippen molar-refractivity contribution in [3.63, 3.8) is 0 Å². The molecule has 0 atom stereocenters. The first-order chi connectivity index (χ1) is 20.5. The van der Waals surface area contributed by atoms with E-state index in [1.165, 1.54) is 37.6 Å². The standard InChI is InChI=1S/C30H34N6O6S/c1-5-6-7-21-16-28(36(35-21)22-10-8-20(2)9-11-22)34-30(38)32-25-13-12-23(17-26(25)43(4,39)40)42-24-14-15-31-27(18-24)33-29(37)19-41-3/h8-18H,5-7,19H2,1-4H3,(H,31,33,37)(H2,32,34,38). The van der Waals surface area contributed by atoms with Gasteiger partial charge in [0.2, 0.25) is 0 Å². The minimum atomic E-state index is -3.78. The van der Waals surface area contributed by atoms with Crippen LogP contribution in [0.2, 0.25) is 0 Å². The van der Waals surface area contributed by atoms with Gasteiger partial charge in [0.25, 0.3) is 5.91 Å². The molecule has 0 spiro atoms. The predicted octanol–water partition coefficient (Wildman–Crippen LogP) is 5.34. The molecule has 0 unspecified atom stereocenters. The second-order valence-electron chi connectivity index (χ2n) is 9.84. The van der Waals surface area contributed by atoms with Gasteiger partial charge in [-0.3, -0.25) is 10.1 Å². The lowest BCUT2D eigenvalue weighted by Crippen LogP contribution is -2.22. The van der Waals surface area contributed by atoms with Crippen molar-refractivity contribution in [2.45, 2.75) is 38.0 Å². The molecule has 2 aromatic heterocycles. The summed E-state index contributed by atoms with van der Waals surface area (Å²) in [5, 5.41) is 12.7. The van der Waals surface area contributed by atoms with Crippen molar-refractivity contribution < 1.29 is 27.5 Å². The van der Waals surface area contributed by atoms with Crippen LogP contribution in [0.25, 0.3) is 5.69 Å². The van der Waals surface area contributed by atoms with Gasteiger partial charge in [0, 0.05) is 37.8 Å². The average molecular weight is 607 g/mol. The maximum atomic E-state index is 13.1. The molecule has 2 heterocycles. The Morgan fingerprint density at radius 2 is 1.70 bits per heavy atom. The van der Waals surface area contributed by atoms with E-state index in [9.17, 15) is 18.0 Å². The van der Waals surface area contributed by atoms with Crippen molar-refractivity contribution in [2.75, 3.05) is 35.9 Å². The molecular formula is C30H34N6O6S. The number of urea groups is 1. The first kappa shape index (κ1) is 31.2. The number of pyridine rings is 1. The Hall–Kier alpha value is -4.75. The molecule has 0 bridgehead atoms. The third-order valence-corrected chi connectivity index (χ3v) is 7.31. The fourth-order valence-corrected chi connectivity index (χ4v) is 4.97. The molecule has 0 aliphatic heterocycles. The number of carbonyl (C=O) groups is 2. The number of aryl methyl sites for hydroxylation is 2. The van der Waals surface area contributed by atoms with Crippen molar-refractivity contribution in [3.8, 4) is 17.2 Å². The van der Waals surface area contributed by atoms with E-state index in [0.29, 0.717) is 11.6 Å². The highest BCUT2D eigenvalue weighted by molar-refractivity contribution is 7.90. The van der Waals surface area contributed by atoms with Crippen molar-refractivity contribution in [2.24, 2.45) is 0 Å². The lowest BCUT2D eigenvalue weighted by molar-refractivity contribution is -0.119. The first-order valence-corrected chi connectivity index (χ1v) is 15.5. The number of methoxy groups -OCH3 is 1. The Kier molecular flexibility index (Phi) is 10.1. The Morgan fingerprint density at radius 1 is 0.953 bits per heavy atom. The van der Waals surface area contributed by atoms with Gasteiger partial charge in [-0.25, -0.2) is 22.9 Å². The van der Waals surface area contributed by atoms with Crippen LogP contribution in [0.5, 0.6) is 11.5 Å². The average Bonchev–Trinajstić information content (AvgIpc) is 3.35. The lowest BCUT2D eigenvalue weighted by Gasteiger charge is -2.14. The van der Waals surface area contributed by atoms with E-state index >= 15 is 0 Å². The number of carbonyl (C=O) groups excluding carboxylic acids is 2. The van der Waals surface area contributed by atoms with Crippen LogP contribution in [0, 0.1) is 6.92 Å². The Bertz CT molecular complexity index is 1700. The van der Waals surface area contributed by atoms with E-state index in [4.69, 9.17) is 9.47 Å². The second-order valence-corrected chi connectivity index (χ2v) is 11.8. The summed E-state index contributed by atoms with van der Waals surface area (Å²) in [6.45, 7) is 3.94. The van der Waals surface area contributed by atoms with Gasteiger partial charge in [0.15, 0.2) is 9.84 Å². The zero-order valence-corrected chi connectivity index (χ0v) is 25.2. The van der Waals surface area contributed by atoms with Gasteiger partial charge in [-0.1, -0.05) is 31.0 Å². The number of hydrogen-bond acceptors (Lipinski definition) is 8. The Balaban J connectivity index is 1.54. The van der Waals surface area contributed by atoms with Crippen LogP contribution in [-0.4, -0.2) is 55.1 Å². The van der Waals surface area contributed by atoms with Crippen molar-refractivity contribution >= 4 is 39.1 Å². The topological polar surface area (TPSA) is 154 Å². The fraction of sp³-hybridized carbons (Fsp3) is 0.267. The van der Waals surface area contributed by atoms with Crippen LogP contribution in [0.15, 0.2) is 71.8 Å². The number of nitrogens with zero attached hydrogens (tertiary/aromatic N) is 3. The smallest absolute Gasteiger partial charge is 0.324 e. The molecule has 12 nitrogen and oxygen atoms in total. The molecule has 0 aliphatic rings. The number of unbranched alkanes of at least 4 members (excludes halogenated alkanes) is 1.